The zero-order chi connectivity index (χ0) is 11.1. The fourth-order valence-electron chi connectivity index (χ4n) is 2.22. The van der Waals surface area contributed by atoms with Gasteiger partial charge in [-0.25, -0.2) is 0 Å². The van der Waals surface area contributed by atoms with Crippen LogP contribution < -0.4 is 5.32 Å². The molecule has 2 N–H and O–H groups in total. The minimum Gasteiger partial charge on any atom is -0.395 e. The zero-order valence-corrected chi connectivity index (χ0v) is 9.78. The molecule has 1 saturated heterocycles. The van der Waals surface area contributed by atoms with E-state index in [2.05, 4.69) is 23.7 Å². The molecule has 1 heterocycles. The van der Waals surface area contributed by atoms with E-state index in [9.17, 15) is 0 Å². The highest BCUT2D eigenvalue weighted by Gasteiger charge is 2.22. The molecule has 0 aliphatic carbocycles. The summed E-state index contributed by atoms with van der Waals surface area (Å²) in [5.41, 5.74) is 0. The van der Waals surface area contributed by atoms with Gasteiger partial charge in [0, 0.05) is 25.7 Å². The van der Waals surface area contributed by atoms with E-state index in [1.54, 1.807) is 0 Å². The molecule has 0 amide bonds. The summed E-state index contributed by atoms with van der Waals surface area (Å²) in [5.74, 6) is 0.741. The van der Waals surface area contributed by atoms with Crippen LogP contribution in [0.5, 0.6) is 0 Å². The van der Waals surface area contributed by atoms with Crippen LogP contribution in [-0.4, -0.2) is 48.8 Å². The lowest BCUT2D eigenvalue weighted by molar-refractivity contribution is 0.168. The number of nitrogens with zero attached hydrogens (tertiary/aromatic N) is 1. The van der Waals surface area contributed by atoms with Crippen LogP contribution in [-0.2, 0) is 0 Å². The number of aliphatic hydroxyl groups excluding tert-OH is 1. The van der Waals surface area contributed by atoms with Gasteiger partial charge in [-0.15, -0.1) is 6.58 Å². The molecule has 3 nitrogen and oxygen atoms in total. The number of hydrogen-bond acceptors (Lipinski definition) is 3. The van der Waals surface area contributed by atoms with Crippen LogP contribution >= 0.6 is 0 Å². The third-order valence-corrected chi connectivity index (χ3v) is 3.19. The summed E-state index contributed by atoms with van der Waals surface area (Å²) in [7, 11) is 0. The molecule has 0 bridgehead atoms. The topological polar surface area (TPSA) is 35.5 Å². The molecule has 3 heteroatoms. The first-order chi connectivity index (χ1) is 7.27. The van der Waals surface area contributed by atoms with Crippen molar-refractivity contribution in [3.8, 4) is 0 Å². The minimum absolute atomic E-state index is 0.231. The Bertz CT molecular complexity index is 184. The van der Waals surface area contributed by atoms with Gasteiger partial charge >= 0.3 is 0 Å². The van der Waals surface area contributed by atoms with Crippen molar-refractivity contribution in [3.63, 3.8) is 0 Å². The summed E-state index contributed by atoms with van der Waals surface area (Å²) in [6.45, 7) is 10.1. The molecule has 0 aromatic rings. The van der Waals surface area contributed by atoms with Gasteiger partial charge in [0.2, 0.25) is 0 Å². The highest BCUT2D eigenvalue weighted by molar-refractivity contribution is 4.83. The molecule has 88 valence electrons. The second-order valence-electron chi connectivity index (χ2n) is 4.45. The van der Waals surface area contributed by atoms with Gasteiger partial charge in [0.15, 0.2) is 0 Å². The van der Waals surface area contributed by atoms with E-state index in [0.29, 0.717) is 6.04 Å². The first kappa shape index (κ1) is 12.7. The smallest absolute Gasteiger partial charge is 0.0558 e. The third-order valence-electron chi connectivity index (χ3n) is 3.19. The lowest BCUT2D eigenvalue weighted by Crippen LogP contribution is -2.48. The van der Waals surface area contributed by atoms with Crippen LogP contribution in [0, 0.1) is 5.92 Å². The molecule has 1 fully saturated rings. The Morgan fingerprint density at radius 1 is 1.60 bits per heavy atom. The van der Waals surface area contributed by atoms with Gasteiger partial charge in [0.05, 0.1) is 6.61 Å². The van der Waals surface area contributed by atoms with Gasteiger partial charge < -0.3 is 10.4 Å². The van der Waals surface area contributed by atoms with E-state index in [0.717, 1.165) is 32.1 Å². The highest BCUT2D eigenvalue weighted by atomic mass is 16.3. The molecule has 15 heavy (non-hydrogen) atoms. The van der Waals surface area contributed by atoms with E-state index >= 15 is 0 Å². The molecular formula is C12H24N2O. The molecule has 0 saturated carbocycles. The van der Waals surface area contributed by atoms with E-state index in [-0.39, 0.29) is 6.61 Å². The van der Waals surface area contributed by atoms with Crippen LogP contribution in [0.4, 0.5) is 0 Å². The summed E-state index contributed by atoms with van der Waals surface area (Å²) in [4.78, 5) is 2.26. The van der Waals surface area contributed by atoms with Gasteiger partial charge in [-0.05, 0) is 25.3 Å². The normalized spacial score (nSPS) is 26.9. The van der Waals surface area contributed by atoms with Crippen molar-refractivity contribution in [1.82, 2.24) is 10.2 Å². The van der Waals surface area contributed by atoms with Crippen molar-refractivity contribution in [3.05, 3.63) is 12.7 Å². The number of nitrogens with one attached hydrogen (secondary N) is 1. The monoisotopic (exact) mass is 212 g/mol. The Hall–Kier alpha value is -0.380. The first-order valence-corrected chi connectivity index (χ1v) is 5.95. The zero-order valence-electron chi connectivity index (χ0n) is 9.78. The molecule has 0 aromatic heterocycles. The number of hydrogen-bond donors (Lipinski definition) is 2. The van der Waals surface area contributed by atoms with Crippen molar-refractivity contribution in [2.24, 2.45) is 5.92 Å². The van der Waals surface area contributed by atoms with Crippen LogP contribution in [0.3, 0.4) is 0 Å². The summed E-state index contributed by atoms with van der Waals surface area (Å²) in [6, 6.07) is 0.574. The van der Waals surface area contributed by atoms with Gasteiger partial charge in [-0.2, -0.15) is 0 Å². The average Bonchev–Trinajstić information content (AvgIpc) is 2.22. The molecule has 0 spiro atoms. The van der Waals surface area contributed by atoms with Crippen LogP contribution in [0.15, 0.2) is 12.7 Å². The van der Waals surface area contributed by atoms with Crippen molar-refractivity contribution < 1.29 is 5.11 Å². The van der Waals surface area contributed by atoms with Crippen LogP contribution in [0.2, 0.25) is 0 Å². The fraction of sp³-hybridized carbons (Fsp3) is 0.833. The molecule has 2 unspecified atom stereocenters. The number of piperidine rings is 1. The quantitative estimate of drug-likeness (QED) is 0.641. The van der Waals surface area contributed by atoms with E-state index < -0.39 is 0 Å². The van der Waals surface area contributed by atoms with Crippen molar-refractivity contribution in [1.29, 1.82) is 0 Å². The van der Waals surface area contributed by atoms with Crippen molar-refractivity contribution >= 4 is 0 Å². The lowest BCUT2D eigenvalue weighted by Gasteiger charge is -2.34. The van der Waals surface area contributed by atoms with Crippen molar-refractivity contribution in [2.75, 3.05) is 32.8 Å². The molecule has 0 aromatic carbocycles. The standard InChI is InChI=1S/C12H24N2O/c1-3-7-14(8-9-15)10-12-11(2)5-4-6-13-12/h3,11-13,15H,1,4-10H2,2H3. The van der Waals surface area contributed by atoms with Gasteiger partial charge in [-0.1, -0.05) is 13.0 Å². The predicted molar refractivity (Wildman–Crippen MR) is 63.9 cm³/mol. The van der Waals surface area contributed by atoms with Crippen molar-refractivity contribution in [2.45, 2.75) is 25.8 Å². The van der Waals surface area contributed by atoms with E-state index in [4.69, 9.17) is 5.11 Å². The maximum Gasteiger partial charge on any atom is 0.0558 e. The third kappa shape index (κ3) is 4.33. The van der Waals surface area contributed by atoms with E-state index in [1.807, 2.05) is 6.08 Å². The van der Waals surface area contributed by atoms with Gasteiger partial charge in [-0.3, -0.25) is 4.90 Å². The molecule has 1 aliphatic heterocycles. The Balaban J connectivity index is 2.37. The predicted octanol–water partition coefficient (Wildman–Crippen LogP) is 0.855. The number of aliphatic hydroxyl groups is 1. The number of rotatable bonds is 6. The molecular weight excluding hydrogens is 188 g/mol. The summed E-state index contributed by atoms with van der Waals surface area (Å²) >= 11 is 0. The first-order valence-electron chi connectivity index (χ1n) is 5.95. The van der Waals surface area contributed by atoms with Crippen LogP contribution in [0.25, 0.3) is 0 Å². The Labute approximate surface area is 93.2 Å². The summed E-state index contributed by atoms with van der Waals surface area (Å²) in [6.07, 6.45) is 4.51. The summed E-state index contributed by atoms with van der Waals surface area (Å²) < 4.78 is 0. The van der Waals surface area contributed by atoms with Crippen LogP contribution in [0.1, 0.15) is 19.8 Å². The molecule has 2 atom stereocenters. The van der Waals surface area contributed by atoms with Gasteiger partial charge in [0.1, 0.15) is 0 Å². The maximum atomic E-state index is 8.96. The second-order valence-corrected chi connectivity index (χ2v) is 4.45. The molecule has 1 rings (SSSR count). The Morgan fingerprint density at radius 2 is 2.40 bits per heavy atom. The van der Waals surface area contributed by atoms with E-state index in [1.165, 1.54) is 12.8 Å². The Kier molecular flexibility index (Phi) is 5.91. The average molecular weight is 212 g/mol. The second kappa shape index (κ2) is 6.99. The fourth-order valence-corrected chi connectivity index (χ4v) is 2.22. The largest absolute Gasteiger partial charge is 0.395 e. The minimum atomic E-state index is 0.231. The maximum absolute atomic E-state index is 8.96. The lowest BCUT2D eigenvalue weighted by atomic mass is 9.92. The summed E-state index contributed by atoms with van der Waals surface area (Å²) in [5, 5.41) is 12.5. The Morgan fingerprint density at radius 3 is 3.00 bits per heavy atom. The van der Waals surface area contributed by atoms with Gasteiger partial charge in [0.25, 0.3) is 0 Å². The highest BCUT2D eigenvalue weighted by Crippen LogP contribution is 2.16. The SMILES string of the molecule is C=CCN(CCO)CC1NCCCC1C. The molecule has 1 aliphatic rings. The molecule has 0 radical (unpaired) electrons.